The second kappa shape index (κ2) is 15.0. The van der Waals surface area contributed by atoms with Crippen molar-refractivity contribution in [2.45, 2.75) is 64.4 Å². The van der Waals surface area contributed by atoms with E-state index < -0.39 is 17.7 Å². The van der Waals surface area contributed by atoms with Gasteiger partial charge in [-0.25, -0.2) is 4.79 Å². The number of ether oxygens (including phenoxy) is 4. The van der Waals surface area contributed by atoms with Crippen molar-refractivity contribution in [1.29, 1.82) is 0 Å². The van der Waals surface area contributed by atoms with Crippen LogP contribution < -0.4 is 4.74 Å². The molecule has 0 aliphatic carbocycles. The first-order valence-corrected chi connectivity index (χ1v) is 13.9. The third-order valence-electron chi connectivity index (χ3n) is 6.57. The van der Waals surface area contributed by atoms with Gasteiger partial charge in [0.25, 0.3) is 0 Å². The topological polar surface area (TPSA) is 74.2 Å². The van der Waals surface area contributed by atoms with Crippen molar-refractivity contribution in [3.63, 3.8) is 0 Å². The van der Waals surface area contributed by atoms with Gasteiger partial charge in [-0.1, -0.05) is 80.0 Å². The lowest BCUT2D eigenvalue weighted by Crippen LogP contribution is -2.52. The van der Waals surface area contributed by atoms with E-state index >= 15 is 0 Å². The highest BCUT2D eigenvalue weighted by Crippen LogP contribution is 2.40. The van der Waals surface area contributed by atoms with Gasteiger partial charge in [0.05, 0.1) is 32.0 Å². The van der Waals surface area contributed by atoms with Gasteiger partial charge in [-0.05, 0) is 53.8 Å². The number of rotatable bonds is 11. The fraction of sp³-hybridized carbons (Fsp3) is 0.406. The highest BCUT2D eigenvalue weighted by Gasteiger charge is 2.49. The molecule has 3 aromatic carbocycles. The summed E-state index contributed by atoms with van der Waals surface area (Å²) in [4.78, 5) is 12.4. The molecular formula is C32H39ClO6. The normalized spacial score (nSPS) is 20.5. The number of hydrogen-bond acceptors (Lipinski definition) is 5. The van der Waals surface area contributed by atoms with E-state index in [4.69, 9.17) is 30.5 Å². The number of benzene rings is 3. The molecule has 0 radical (unpaired) electrons. The summed E-state index contributed by atoms with van der Waals surface area (Å²) in [7, 11) is 1.48. The molecule has 0 aromatic heterocycles. The second-order valence-corrected chi connectivity index (χ2v) is 9.71. The summed E-state index contributed by atoms with van der Waals surface area (Å²) in [5, 5.41) is 10.8. The molecule has 6 nitrogen and oxygen atoms in total. The fourth-order valence-electron chi connectivity index (χ4n) is 4.72. The van der Waals surface area contributed by atoms with Crippen LogP contribution in [-0.4, -0.2) is 43.1 Å². The molecule has 1 aliphatic rings. The zero-order valence-corrected chi connectivity index (χ0v) is 23.9. The average molecular weight is 555 g/mol. The smallest absolute Gasteiger partial charge is 0.338 e. The van der Waals surface area contributed by atoms with Gasteiger partial charge in [-0.3, -0.25) is 0 Å². The second-order valence-electron chi connectivity index (χ2n) is 9.30. The maximum Gasteiger partial charge on any atom is 0.338 e. The van der Waals surface area contributed by atoms with Crippen LogP contribution in [0.3, 0.4) is 0 Å². The van der Waals surface area contributed by atoms with Crippen LogP contribution in [0.5, 0.6) is 5.75 Å². The minimum Gasteiger partial charge on any atom is -0.494 e. The van der Waals surface area contributed by atoms with Crippen LogP contribution in [0.15, 0.2) is 72.8 Å². The summed E-state index contributed by atoms with van der Waals surface area (Å²) in [6.07, 6.45) is 0.538. The maximum absolute atomic E-state index is 12.4. The number of halogens is 1. The van der Waals surface area contributed by atoms with E-state index in [1.54, 1.807) is 0 Å². The monoisotopic (exact) mass is 554 g/mol. The largest absolute Gasteiger partial charge is 0.494 e. The molecule has 39 heavy (non-hydrogen) atoms. The van der Waals surface area contributed by atoms with Crippen molar-refractivity contribution < 1.29 is 28.8 Å². The summed E-state index contributed by atoms with van der Waals surface area (Å²) >= 11 is 6.56. The summed E-state index contributed by atoms with van der Waals surface area (Å²) < 4.78 is 23.3. The highest BCUT2D eigenvalue weighted by atomic mass is 35.5. The Balaban J connectivity index is 0.00000205. The molecule has 7 heteroatoms. The van der Waals surface area contributed by atoms with E-state index in [1.807, 2.05) is 93.6 Å². The van der Waals surface area contributed by atoms with Gasteiger partial charge in [0.1, 0.15) is 5.75 Å². The van der Waals surface area contributed by atoms with Gasteiger partial charge in [-0.2, -0.15) is 0 Å². The van der Waals surface area contributed by atoms with Gasteiger partial charge in [0, 0.05) is 25.0 Å². The van der Waals surface area contributed by atoms with Crippen molar-refractivity contribution in [3.05, 3.63) is 100 Å². The molecular weight excluding hydrogens is 516 g/mol. The molecule has 0 saturated carbocycles. The van der Waals surface area contributed by atoms with Crippen molar-refractivity contribution in [2.24, 2.45) is 0 Å². The zero-order chi connectivity index (χ0) is 28.3. The predicted molar refractivity (Wildman–Crippen MR) is 154 cm³/mol. The quantitative estimate of drug-likeness (QED) is 0.269. The molecule has 210 valence electrons. The lowest BCUT2D eigenvalue weighted by molar-refractivity contribution is -0.214. The zero-order valence-electron chi connectivity index (χ0n) is 23.2. The number of aliphatic carboxylic acids is 1. The Morgan fingerprint density at radius 3 is 2.41 bits per heavy atom. The van der Waals surface area contributed by atoms with Crippen LogP contribution in [0.1, 0.15) is 62.0 Å². The van der Waals surface area contributed by atoms with E-state index in [0.29, 0.717) is 31.1 Å². The van der Waals surface area contributed by atoms with E-state index in [0.717, 1.165) is 28.0 Å². The third kappa shape index (κ3) is 8.29. The minimum absolute atomic E-state index is 0.0728. The Kier molecular flexibility index (Phi) is 11.8. The fourth-order valence-corrected chi connectivity index (χ4v) is 4.91. The van der Waals surface area contributed by atoms with Gasteiger partial charge >= 0.3 is 5.97 Å². The first-order valence-electron chi connectivity index (χ1n) is 13.5. The molecule has 4 rings (SSSR count). The molecule has 1 heterocycles. The Morgan fingerprint density at radius 1 is 1.05 bits per heavy atom. The van der Waals surface area contributed by atoms with Gasteiger partial charge in [-0.15, -0.1) is 0 Å². The lowest BCUT2D eigenvalue weighted by Gasteiger charge is -2.41. The third-order valence-corrected chi connectivity index (χ3v) is 6.94. The predicted octanol–water partition coefficient (Wildman–Crippen LogP) is 7.26. The molecule has 0 bridgehead atoms. The minimum atomic E-state index is -1.51. The number of carboxylic acid groups (broad SMARTS) is 1. The number of hydrogen-bond donors (Lipinski definition) is 1. The highest BCUT2D eigenvalue weighted by molar-refractivity contribution is 6.31. The number of carboxylic acids is 1. The molecule has 0 amide bonds. The Labute approximate surface area is 236 Å². The summed E-state index contributed by atoms with van der Waals surface area (Å²) in [6, 6.07) is 23.5. The van der Waals surface area contributed by atoms with E-state index in [2.05, 4.69) is 0 Å². The van der Waals surface area contributed by atoms with Gasteiger partial charge in [0.15, 0.2) is 5.60 Å². The molecule has 1 N–H and O–H groups in total. The van der Waals surface area contributed by atoms with Crippen molar-refractivity contribution in [1.82, 2.24) is 0 Å². The van der Waals surface area contributed by atoms with Gasteiger partial charge in [0.2, 0.25) is 0 Å². The van der Waals surface area contributed by atoms with E-state index in [1.165, 1.54) is 7.11 Å². The first-order chi connectivity index (χ1) is 18.9. The summed E-state index contributed by atoms with van der Waals surface area (Å²) in [5.41, 5.74) is 2.42. The number of carbonyl (C=O) groups is 1. The van der Waals surface area contributed by atoms with Gasteiger partial charge < -0.3 is 24.1 Å². The molecule has 0 spiro atoms. The Bertz CT molecular complexity index is 1170. The van der Waals surface area contributed by atoms with Crippen molar-refractivity contribution in [3.8, 4) is 5.75 Å². The Morgan fingerprint density at radius 2 is 1.77 bits per heavy atom. The molecule has 2 unspecified atom stereocenters. The van der Waals surface area contributed by atoms with Crippen LogP contribution in [0.4, 0.5) is 0 Å². The Hall–Kier alpha value is -2.90. The molecule has 3 aromatic rings. The molecule has 1 aliphatic heterocycles. The van der Waals surface area contributed by atoms with E-state index in [-0.39, 0.29) is 19.1 Å². The molecule has 1 saturated heterocycles. The van der Waals surface area contributed by atoms with E-state index in [9.17, 15) is 9.90 Å². The van der Waals surface area contributed by atoms with Crippen molar-refractivity contribution >= 4 is 17.6 Å². The van der Waals surface area contributed by atoms with Crippen LogP contribution in [0.2, 0.25) is 5.02 Å². The average Bonchev–Trinajstić information content (AvgIpc) is 2.96. The van der Waals surface area contributed by atoms with Crippen LogP contribution in [-0.2, 0) is 32.0 Å². The number of methoxy groups -OCH3 is 1. The van der Waals surface area contributed by atoms with Crippen LogP contribution in [0.25, 0.3) is 0 Å². The first kappa shape index (κ1) is 30.6. The molecule has 1 fully saturated rings. The SMILES string of the molecule is CC.CCOc1ccc(Cc2cc(C3CC(OCc4ccccc4)C[C@@](COC)(C(=O)O)O3)ccc2Cl)cc1. The summed E-state index contributed by atoms with van der Waals surface area (Å²) in [6.45, 7) is 6.89. The maximum atomic E-state index is 12.4. The van der Waals surface area contributed by atoms with Crippen LogP contribution in [0, 0.1) is 0 Å². The summed E-state index contributed by atoms with van der Waals surface area (Å²) in [5.74, 6) is -0.234. The molecule has 3 atom stereocenters. The lowest BCUT2D eigenvalue weighted by atomic mass is 9.87. The standard InChI is InChI=1S/C30H33ClO6.C2H6/c1-3-35-25-12-9-21(10-13-25)15-24-16-23(11-14-27(24)31)28-17-26(36-19-22-7-5-4-6-8-22)18-30(37-28,20-34-2)29(32)33;1-2/h4-14,16,26,28H,3,15,17-20H2,1-2H3,(H,32,33);1-2H3/t26?,28?,30-;/m1./s1. The van der Waals surface area contributed by atoms with Crippen molar-refractivity contribution in [2.75, 3.05) is 20.3 Å². The van der Waals surface area contributed by atoms with Crippen LogP contribution >= 0.6 is 11.6 Å².